The van der Waals surface area contributed by atoms with E-state index in [4.69, 9.17) is 22.1 Å². The number of nitrogens with two attached hydrogens (primary N) is 1. The summed E-state index contributed by atoms with van der Waals surface area (Å²) in [5.41, 5.74) is 6.47. The smallest absolute Gasteiger partial charge is 0.319 e. The molecule has 18 heavy (non-hydrogen) atoms. The van der Waals surface area contributed by atoms with Crippen molar-refractivity contribution in [2.24, 2.45) is 10.7 Å². The van der Waals surface area contributed by atoms with E-state index in [0.29, 0.717) is 28.9 Å². The van der Waals surface area contributed by atoms with Gasteiger partial charge in [-0.05, 0) is 24.3 Å². The highest BCUT2D eigenvalue weighted by Crippen LogP contribution is 2.24. The van der Waals surface area contributed by atoms with Crippen molar-refractivity contribution in [3.8, 4) is 0 Å². The zero-order chi connectivity index (χ0) is 12.3. The Balaban J connectivity index is 0.00000162. The summed E-state index contributed by atoms with van der Waals surface area (Å²) in [7, 11) is 0. The Labute approximate surface area is 125 Å². The lowest BCUT2D eigenvalue weighted by molar-refractivity contribution is -0.137. The standard InChI is InChI=1S/C11H11ClN2O2S.BrH/c12-7-1-3-8(4-2-7)14-11(13)17-9-5-6-16-10(9)15;/h1-4,9H,5-6H2,(H2,13,14);1H. The predicted octanol–water partition coefficient (Wildman–Crippen LogP) is 2.91. The van der Waals surface area contributed by atoms with E-state index >= 15 is 0 Å². The largest absolute Gasteiger partial charge is 0.465 e. The second-order valence-electron chi connectivity index (χ2n) is 3.49. The second-order valence-corrected chi connectivity index (χ2v) is 5.15. The topological polar surface area (TPSA) is 64.7 Å². The molecule has 1 aromatic carbocycles. The van der Waals surface area contributed by atoms with Crippen LogP contribution in [0.15, 0.2) is 29.3 Å². The molecule has 4 nitrogen and oxygen atoms in total. The minimum absolute atomic E-state index is 0. The van der Waals surface area contributed by atoms with Gasteiger partial charge in [-0.1, -0.05) is 23.4 Å². The third-order valence-electron chi connectivity index (χ3n) is 2.22. The van der Waals surface area contributed by atoms with Gasteiger partial charge in [0.2, 0.25) is 0 Å². The minimum Gasteiger partial charge on any atom is -0.465 e. The highest BCUT2D eigenvalue weighted by Gasteiger charge is 2.28. The van der Waals surface area contributed by atoms with Crippen molar-refractivity contribution in [1.82, 2.24) is 0 Å². The van der Waals surface area contributed by atoms with Crippen LogP contribution in [0.1, 0.15) is 6.42 Å². The molecule has 98 valence electrons. The molecule has 1 unspecified atom stereocenters. The Kier molecular flexibility index (Phi) is 5.98. The summed E-state index contributed by atoms with van der Waals surface area (Å²) >= 11 is 6.99. The van der Waals surface area contributed by atoms with Crippen LogP contribution in [0.5, 0.6) is 0 Å². The van der Waals surface area contributed by atoms with E-state index in [1.54, 1.807) is 24.3 Å². The fraction of sp³-hybridized carbons (Fsp3) is 0.273. The van der Waals surface area contributed by atoms with Crippen LogP contribution >= 0.6 is 40.3 Å². The number of carbonyl (C=O) groups excluding carboxylic acids is 1. The first-order valence-corrected chi connectivity index (χ1v) is 6.34. The van der Waals surface area contributed by atoms with E-state index in [2.05, 4.69) is 4.99 Å². The molecule has 0 aliphatic carbocycles. The van der Waals surface area contributed by atoms with Crippen LogP contribution in [0.3, 0.4) is 0 Å². The molecule has 0 bridgehead atoms. The molecule has 1 aromatic rings. The minimum atomic E-state index is -0.231. The number of halogens is 2. The molecule has 1 saturated heterocycles. The molecular weight excluding hydrogens is 340 g/mol. The summed E-state index contributed by atoms with van der Waals surface area (Å²) < 4.78 is 4.84. The van der Waals surface area contributed by atoms with Crippen molar-refractivity contribution in [2.45, 2.75) is 11.7 Å². The summed E-state index contributed by atoms with van der Waals surface area (Å²) in [6.07, 6.45) is 0.681. The number of benzene rings is 1. The van der Waals surface area contributed by atoms with Crippen LogP contribution in [-0.2, 0) is 9.53 Å². The number of thioether (sulfide) groups is 1. The average molecular weight is 352 g/mol. The van der Waals surface area contributed by atoms with Crippen molar-refractivity contribution in [3.05, 3.63) is 29.3 Å². The van der Waals surface area contributed by atoms with Gasteiger partial charge in [-0.3, -0.25) is 4.79 Å². The maximum absolute atomic E-state index is 11.2. The first-order valence-electron chi connectivity index (χ1n) is 5.08. The van der Waals surface area contributed by atoms with Gasteiger partial charge in [0.25, 0.3) is 0 Å². The van der Waals surface area contributed by atoms with Gasteiger partial charge in [-0.2, -0.15) is 0 Å². The third kappa shape index (κ3) is 4.19. The van der Waals surface area contributed by atoms with Gasteiger partial charge in [0.05, 0.1) is 12.3 Å². The predicted molar refractivity (Wildman–Crippen MR) is 80.0 cm³/mol. The lowest BCUT2D eigenvalue weighted by atomic mass is 10.3. The molecule has 0 spiro atoms. The molecular formula is C11H12BrClN2O2S. The molecule has 0 saturated carbocycles. The van der Waals surface area contributed by atoms with Crippen molar-refractivity contribution < 1.29 is 9.53 Å². The van der Waals surface area contributed by atoms with Crippen LogP contribution in [0, 0.1) is 0 Å². The lowest BCUT2D eigenvalue weighted by Gasteiger charge is -2.04. The van der Waals surface area contributed by atoms with Crippen molar-refractivity contribution in [3.63, 3.8) is 0 Å². The summed E-state index contributed by atoms with van der Waals surface area (Å²) in [6.45, 7) is 0.463. The van der Waals surface area contributed by atoms with Gasteiger partial charge in [-0.15, -0.1) is 17.0 Å². The molecule has 1 aliphatic rings. The number of amidine groups is 1. The fourth-order valence-electron chi connectivity index (χ4n) is 1.40. The normalized spacial score (nSPS) is 19.3. The molecule has 7 heteroatoms. The molecule has 0 radical (unpaired) electrons. The van der Waals surface area contributed by atoms with Gasteiger partial charge in [0.1, 0.15) is 5.25 Å². The quantitative estimate of drug-likeness (QED) is 0.505. The highest BCUT2D eigenvalue weighted by molar-refractivity contribution is 8.93. The van der Waals surface area contributed by atoms with E-state index < -0.39 is 0 Å². The van der Waals surface area contributed by atoms with Crippen molar-refractivity contribution in [2.75, 3.05) is 6.61 Å². The lowest BCUT2D eigenvalue weighted by Crippen LogP contribution is -2.17. The first kappa shape index (κ1) is 15.3. The molecule has 1 fully saturated rings. The fourth-order valence-corrected chi connectivity index (χ4v) is 2.35. The molecule has 0 aromatic heterocycles. The molecule has 2 N–H and O–H groups in total. The van der Waals surface area contributed by atoms with Gasteiger partial charge in [0, 0.05) is 11.4 Å². The number of carbonyl (C=O) groups is 1. The number of hydrogen-bond acceptors (Lipinski definition) is 4. The van der Waals surface area contributed by atoms with E-state index in [0.717, 1.165) is 0 Å². The molecule has 1 heterocycles. The summed E-state index contributed by atoms with van der Waals surface area (Å²) in [5, 5.41) is 0.775. The Morgan fingerprint density at radius 3 is 2.67 bits per heavy atom. The van der Waals surface area contributed by atoms with E-state index in [1.807, 2.05) is 0 Å². The van der Waals surface area contributed by atoms with Gasteiger partial charge < -0.3 is 10.5 Å². The van der Waals surface area contributed by atoms with E-state index in [1.165, 1.54) is 11.8 Å². The van der Waals surface area contributed by atoms with Crippen LogP contribution in [-0.4, -0.2) is 23.0 Å². The molecule has 2 rings (SSSR count). The van der Waals surface area contributed by atoms with Crippen molar-refractivity contribution in [1.29, 1.82) is 0 Å². The van der Waals surface area contributed by atoms with Crippen LogP contribution in [0.4, 0.5) is 5.69 Å². The third-order valence-corrected chi connectivity index (χ3v) is 3.51. The van der Waals surface area contributed by atoms with Gasteiger partial charge in [0.15, 0.2) is 5.17 Å². The Morgan fingerprint density at radius 1 is 1.44 bits per heavy atom. The number of hydrogen-bond donors (Lipinski definition) is 1. The highest BCUT2D eigenvalue weighted by atomic mass is 79.9. The van der Waals surface area contributed by atoms with Gasteiger partial charge in [-0.25, -0.2) is 4.99 Å². The zero-order valence-electron chi connectivity index (χ0n) is 9.34. The maximum Gasteiger partial charge on any atom is 0.319 e. The van der Waals surface area contributed by atoms with Gasteiger partial charge >= 0.3 is 5.97 Å². The maximum atomic E-state index is 11.2. The second kappa shape index (κ2) is 7.01. The first-order chi connectivity index (χ1) is 8.15. The number of ether oxygens (including phenoxy) is 1. The van der Waals surface area contributed by atoms with E-state index in [-0.39, 0.29) is 28.2 Å². The monoisotopic (exact) mass is 350 g/mol. The molecule has 1 aliphatic heterocycles. The van der Waals surface area contributed by atoms with Crippen LogP contribution in [0.2, 0.25) is 5.02 Å². The summed E-state index contributed by atoms with van der Waals surface area (Å²) in [5.74, 6) is -0.218. The summed E-state index contributed by atoms with van der Waals surface area (Å²) in [6, 6.07) is 7.01. The number of nitrogens with zero attached hydrogens (tertiary/aromatic N) is 1. The Hall–Kier alpha value is -0.720. The SMILES string of the molecule is Br.NC(=Nc1ccc(Cl)cc1)SC1CCOC1=O. The number of esters is 1. The van der Waals surface area contributed by atoms with Crippen LogP contribution in [0.25, 0.3) is 0 Å². The zero-order valence-corrected chi connectivity index (χ0v) is 12.6. The van der Waals surface area contributed by atoms with Crippen molar-refractivity contribution >= 4 is 57.2 Å². The number of aliphatic imine (C=N–C) groups is 1. The molecule has 0 amide bonds. The molecule has 1 atom stereocenters. The van der Waals surface area contributed by atoms with E-state index in [9.17, 15) is 4.79 Å². The number of rotatable bonds is 2. The average Bonchev–Trinajstić information content (AvgIpc) is 2.68. The Morgan fingerprint density at radius 2 is 2.11 bits per heavy atom. The number of cyclic esters (lactones) is 1. The summed E-state index contributed by atoms with van der Waals surface area (Å²) in [4.78, 5) is 15.4. The van der Waals surface area contributed by atoms with Crippen LogP contribution < -0.4 is 5.73 Å². The Bertz CT molecular complexity index is 453.